The van der Waals surface area contributed by atoms with E-state index in [2.05, 4.69) is 15.9 Å². The molecule has 0 unspecified atom stereocenters. The number of rotatable bonds is 1. The van der Waals surface area contributed by atoms with Crippen LogP contribution >= 0.6 is 15.9 Å². The van der Waals surface area contributed by atoms with Crippen molar-refractivity contribution >= 4 is 15.9 Å². The Labute approximate surface area is 77.7 Å². The highest BCUT2D eigenvalue weighted by atomic mass is 79.9. The number of halogens is 1. The standard InChI is InChI=1S/C6H11BrO5/c7-6-5(11)4(10)3(9)2(1-8)12-6/h2-6,8-11H,1H2/t2-,3+,4+,5-,6+/m1/s1. The van der Waals surface area contributed by atoms with Gasteiger partial charge in [-0.05, 0) is 0 Å². The molecule has 0 saturated carbocycles. The molecule has 5 atom stereocenters. The summed E-state index contributed by atoms with van der Waals surface area (Å²) in [6, 6.07) is 0. The first-order valence-electron chi connectivity index (χ1n) is 3.52. The fraction of sp³-hybridized carbons (Fsp3) is 1.00. The molecule has 1 fully saturated rings. The zero-order chi connectivity index (χ0) is 9.30. The predicted octanol–water partition coefficient (Wildman–Crippen LogP) is -1.82. The molecule has 4 N–H and O–H groups in total. The molecule has 5 nitrogen and oxygen atoms in total. The highest BCUT2D eigenvalue weighted by Gasteiger charge is 2.42. The fourth-order valence-electron chi connectivity index (χ4n) is 1.06. The molecule has 0 aromatic rings. The molecule has 1 heterocycles. The Balaban J connectivity index is 2.63. The van der Waals surface area contributed by atoms with Crippen LogP contribution in [0.1, 0.15) is 0 Å². The third kappa shape index (κ3) is 1.78. The Kier molecular flexibility index (Phi) is 3.45. The van der Waals surface area contributed by atoms with Gasteiger partial charge in [0, 0.05) is 0 Å². The SMILES string of the molecule is OC[C@H]1O[C@H](Br)[C@H](O)[C@@H](O)[C@H]1O. The lowest BCUT2D eigenvalue weighted by Crippen LogP contribution is -2.56. The molecule has 0 radical (unpaired) electrons. The molecule has 1 rings (SSSR count). The zero-order valence-electron chi connectivity index (χ0n) is 6.17. The van der Waals surface area contributed by atoms with Crippen molar-refractivity contribution in [1.82, 2.24) is 0 Å². The Morgan fingerprint density at radius 3 is 2.17 bits per heavy atom. The van der Waals surface area contributed by atoms with Crippen molar-refractivity contribution in [3.63, 3.8) is 0 Å². The van der Waals surface area contributed by atoms with Crippen LogP contribution < -0.4 is 0 Å². The van der Waals surface area contributed by atoms with Gasteiger partial charge in [-0.3, -0.25) is 0 Å². The van der Waals surface area contributed by atoms with Gasteiger partial charge in [0.2, 0.25) is 0 Å². The van der Waals surface area contributed by atoms with Crippen molar-refractivity contribution in [3.05, 3.63) is 0 Å². The summed E-state index contributed by atoms with van der Waals surface area (Å²) < 4.78 is 4.94. The Bertz CT molecular complexity index is 150. The molecule has 0 aliphatic carbocycles. The van der Waals surface area contributed by atoms with E-state index in [4.69, 9.17) is 14.9 Å². The van der Waals surface area contributed by atoms with Crippen LogP contribution in [0, 0.1) is 0 Å². The molecule has 1 aliphatic rings. The normalized spacial score (nSPS) is 49.2. The number of aliphatic hydroxyl groups excluding tert-OH is 4. The first-order valence-corrected chi connectivity index (χ1v) is 4.44. The van der Waals surface area contributed by atoms with Crippen LogP contribution in [-0.4, -0.2) is 56.5 Å². The number of hydrogen-bond donors (Lipinski definition) is 4. The first-order chi connectivity index (χ1) is 5.57. The van der Waals surface area contributed by atoms with Crippen LogP contribution in [0.4, 0.5) is 0 Å². The van der Waals surface area contributed by atoms with Crippen LogP contribution in [0.25, 0.3) is 0 Å². The average molecular weight is 243 g/mol. The quantitative estimate of drug-likeness (QED) is 0.407. The number of aliphatic hydroxyl groups is 4. The molecular weight excluding hydrogens is 232 g/mol. The molecule has 0 bridgehead atoms. The van der Waals surface area contributed by atoms with Crippen LogP contribution in [0.2, 0.25) is 0 Å². The van der Waals surface area contributed by atoms with E-state index < -0.39 is 36.0 Å². The summed E-state index contributed by atoms with van der Waals surface area (Å²) in [4.78, 5) is 0. The summed E-state index contributed by atoms with van der Waals surface area (Å²) in [6.45, 7) is -0.396. The summed E-state index contributed by atoms with van der Waals surface area (Å²) in [5.74, 6) is 0. The van der Waals surface area contributed by atoms with Crippen LogP contribution in [-0.2, 0) is 4.74 Å². The Morgan fingerprint density at radius 1 is 1.08 bits per heavy atom. The van der Waals surface area contributed by atoms with Crippen LogP contribution in [0.5, 0.6) is 0 Å². The van der Waals surface area contributed by atoms with Gasteiger partial charge in [0.25, 0.3) is 0 Å². The summed E-state index contributed by atoms with van der Waals surface area (Å²) in [5, 5.41) is 35.5. The lowest BCUT2D eigenvalue weighted by atomic mass is 10.0. The third-order valence-electron chi connectivity index (χ3n) is 1.83. The smallest absolute Gasteiger partial charge is 0.141 e. The molecule has 0 aromatic carbocycles. The Hall–Kier alpha value is 0.280. The minimum absolute atomic E-state index is 0.396. The van der Waals surface area contributed by atoms with Gasteiger partial charge in [0.15, 0.2) is 0 Å². The van der Waals surface area contributed by atoms with Crippen molar-refractivity contribution in [3.8, 4) is 0 Å². The van der Waals surface area contributed by atoms with E-state index in [1.165, 1.54) is 0 Å². The maximum Gasteiger partial charge on any atom is 0.141 e. The van der Waals surface area contributed by atoms with Crippen molar-refractivity contribution in [2.24, 2.45) is 0 Å². The molecule has 0 spiro atoms. The second-order valence-corrected chi connectivity index (χ2v) is 3.58. The minimum atomic E-state index is -1.29. The average Bonchev–Trinajstić information content (AvgIpc) is 2.08. The molecular formula is C6H11BrO5. The Morgan fingerprint density at radius 2 is 1.67 bits per heavy atom. The number of alkyl halides is 1. The van der Waals surface area contributed by atoms with Crippen molar-refractivity contribution in [1.29, 1.82) is 0 Å². The van der Waals surface area contributed by atoms with Crippen LogP contribution in [0.3, 0.4) is 0 Å². The van der Waals surface area contributed by atoms with Gasteiger partial charge in [0.1, 0.15) is 29.4 Å². The van der Waals surface area contributed by atoms with E-state index in [-0.39, 0.29) is 0 Å². The summed E-state index contributed by atoms with van der Waals surface area (Å²) in [5.41, 5.74) is 0. The highest BCUT2D eigenvalue weighted by Crippen LogP contribution is 2.24. The van der Waals surface area contributed by atoms with Gasteiger partial charge in [0.05, 0.1) is 6.61 Å². The van der Waals surface area contributed by atoms with Gasteiger partial charge in [-0.2, -0.15) is 0 Å². The van der Waals surface area contributed by atoms with E-state index in [0.29, 0.717) is 0 Å². The van der Waals surface area contributed by atoms with Gasteiger partial charge >= 0.3 is 0 Å². The summed E-state index contributed by atoms with van der Waals surface area (Å²) in [6.07, 6.45) is -4.57. The van der Waals surface area contributed by atoms with E-state index >= 15 is 0 Å². The van der Waals surface area contributed by atoms with Gasteiger partial charge < -0.3 is 25.2 Å². The first kappa shape index (κ1) is 10.4. The second kappa shape index (κ2) is 3.99. The molecule has 1 saturated heterocycles. The molecule has 72 valence electrons. The molecule has 0 amide bonds. The van der Waals surface area contributed by atoms with Crippen molar-refractivity contribution in [2.45, 2.75) is 29.4 Å². The summed E-state index contributed by atoms with van der Waals surface area (Å²) >= 11 is 2.95. The topological polar surface area (TPSA) is 90.2 Å². The minimum Gasteiger partial charge on any atom is -0.394 e. The third-order valence-corrected chi connectivity index (χ3v) is 2.59. The lowest BCUT2D eigenvalue weighted by molar-refractivity contribution is -0.203. The number of hydrogen-bond acceptors (Lipinski definition) is 5. The van der Waals surface area contributed by atoms with E-state index in [1.807, 2.05) is 0 Å². The van der Waals surface area contributed by atoms with Gasteiger partial charge in [-0.25, -0.2) is 0 Å². The van der Waals surface area contributed by atoms with Crippen molar-refractivity contribution < 1.29 is 25.2 Å². The number of ether oxygens (including phenoxy) is 1. The van der Waals surface area contributed by atoms with Gasteiger partial charge in [-0.1, -0.05) is 15.9 Å². The molecule has 12 heavy (non-hydrogen) atoms. The molecule has 0 aromatic heterocycles. The largest absolute Gasteiger partial charge is 0.394 e. The molecule has 6 heteroatoms. The maximum absolute atomic E-state index is 9.21. The monoisotopic (exact) mass is 242 g/mol. The lowest BCUT2D eigenvalue weighted by Gasteiger charge is -2.37. The zero-order valence-corrected chi connectivity index (χ0v) is 7.75. The van der Waals surface area contributed by atoms with Crippen LogP contribution in [0.15, 0.2) is 0 Å². The maximum atomic E-state index is 9.21. The van der Waals surface area contributed by atoms with E-state index in [0.717, 1.165) is 0 Å². The van der Waals surface area contributed by atoms with E-state index in [1.54, 1.807) is 0 Å². The van der Waals surface area contributed by atoms with E-state index in [9.17, 15) is 10.2 Å². The second-order valence-electron chi connectivity index (χ2n) is 2.68. The predicted molar refractivity (Wildman–Crippen MR) is 42.7 cm³/mol. The summed E-state index contributed by atoms with van der Waals surface area (Å²) in [7, 11) is 0. The fourth-order valence-corrected chi connectivity index (χ4v) is 1.65. The molecule has 1 aliphatic heterocycles. The van der Waals surface area contributed by atoms with Gasteiger partial charge in [-0.15, -0.1) is 0 Å². The highest BCUT2D eigenvalue weighted by molar-refractivity contribution is 9.09. The van der Waals surface area contributed by atoms with Crippen molar-refractivity contribution in [2.75, 3.05) is 6.61 Å².